The first kappa shape index (κ1) is 20.6. The lowest BCUT2D eigenvalue weighted by Crippen LogP contribution is -2.25. The van der Waals surface area contributed by atoms with Crippen LogP contribution in [0.4, 0.5) is 0 Å². The van der Waals surface area contributed by atoms with Crippen molar-refractivity contribution in [3.63, 3.8) is 0 Å². The summed E-state index contributed by atoms with van der Waals surface area (Å²) in [6.07, 6.45) is 5.46. The summed E-state index contributed by atoms with van der Waals surface area (Å²) in [5.41, 5.74) is -0.416. The van der Waals surface area contributed by atoms with Gasteiger partial charge in [0, 0.05) is 34.4 Å². The van der Waals surface area contributed by atoms with Gasteiger partial charge >= 0.3 is 5.97 Å². The number of carbonyl (C=O) groups is 1. The van der Waals surface area contributed by atoms with Crippen molar-refractivity contribution >= 4 is 81.8 Å². The molecule has 0 bridgehead atoms. The normalized spacial score (nSPS) is 12.2. The van der Waals surface area contributed by atoms with Crippen LogP contribution in [0.5, 0.6) is 0 Å². The van der Waals surface area contributed by atoms with Crippen LogP contribution in [0, 0.1) is 19.5 Å². The lowest BCUT2D eigenvalue weighted by molar-refractivity contribution is 0.0205. The van der Waals surface area contributed by atoms with Crippen LogP contribution in [0.3, 0.4) is 0 Å². The minimum atomic E-state index is -0.934. The van der Waals surface area contributed by atoms with Crippen LogP contribution < -0.4 is 0 Å². The highest BCUT2D eigenvalue weighted by Gasteiger charge is 2.26. The predicted octanol–water partition coefficient (Wildman–Crippen LogP) is 7.51. The summed E-state index contributed by atoms with van der Waals surface area (Å²) in [6, 6.07) is 20.9. The maximum atomic E-state index is 12.6. The van der Waals surface area contributed by atoms with E-state index >= 15 is 0 Å². The molecule has 2 nitrogen and oxygen atoms in total. The maximum Gasteiger partial charge on any atom is 0.339 e. The maximum absolute atomic E-state index is 12.6. The molecule has 4 aromatic rings. The molecule has 0 N–H and O–H groups in total. The van der Waals surface area contributed by atoms with Crippen molar-refractivity contribution in [3.05, 3.63) is 73.4 Å². The first-order valence-electron chi connectivity index (χ1n) is 8.94. The molecular weight excluding hydrogens is 606 g/mol. The van der Waals surface area contributed by atoms with Crippen molar-refractivity contribution < 1.29 is 9.53 Å². The van der Waals surface area contributed by atoms with Crippen LogP contribution in [0.25, 0.3) is 25.1 Å². The fourth-order valence-corrected chi connectivity index (χ4v) is 6.66. The SMILES string of the molecule is C#CC(C)(C)OC(=O)c1ccc2c(c1)c1ccccc1[s+]2-c1ccc(I)c(I)c1. The van der Waals surface area contributed by atoms with Gasteiger partial charge in [0.15, 0.2) is 19.9 Å². The Morgan fingerprint density at radius 2 is 1.69 bits per heavy atom. The molecule has 1 aromatic heterocycles. The van der Waals surface area contributed by atoms with E-state index < -0.39 is 11.6 Å². The number of terminal acetylenes is 1. The molecule has 0 amide bonds. The number of halogens is 2. The quantitative estimate of drug-likeness (QED) is 0.102. The number of fused-ring (bicyclic) bond motifs is 3. The first-order valence-corrected chi connectivity index (χ1v) is 12.3. The smallest absolute Gasteiger partial charge is 0.339 e. The van der Waals surface area contributed by atoms with E-state index in [0.717, 1.165) is 5.39 Å². The van der Waals surface area contributed by atoms with Gasteiger partial charge in [-0.15, -0.1) is 6.42 Å². The Bertz CT molecular complexity index is 1310. The molecule has 0 radical (unpaired) electrons. The molecule has 0 saturated carbocycles. The number of benzene rings is 3. The summed E-state index contributed by atoms with van der Waals surface area (Å²) in [7, 11) is -0.194. The highest BCUT2D eigenvalue weighted by molar-refractivity contribution is 14.1. The second-order valence-corrected chi connectivity index (χ2v) is 11.4. The molecule has 4 rings (SSSR count). The molecule has 5 heteroatoms. The monoisotopic (exact) mass is 623 g/mol. The molecule has 144 valence electrons. The van der Waals surface area contributed by atoms with Crippen LogP contribution in [-0.4, -0.2) is 11.6 Å². The number of thiophene rings is 1. The molecule has 1 atom stereocenters. The van der Waals surface area contributed by atoms with Gasteiger partial charge < -0.3 is 4.74 Å². The molecule has 3 aromatic carbocycles. The molecule has 1 heterocycles. The Kier molecular flexibility index (Phi) is 5.62. The topological polar surface area (TPSA) is 26.3 Å². The summed E-state index contributed by atoms with van der Waals surface area (Å²) in [5, 5.41) is 2.26. The van der Waals surface area contributed by atoms with Gasteiger partial charge in [-0.05, 0) is 101 Å². The van der Waals surface area contributed by atoms with Crippen LogP contribution in [0.1, 0.15) is 24.2 Å². The lowest BCUT2D eigenvalue weighted by Gasteiger charge is -2.18. The fraction of sp³-hybridized carbons (Fsp3) is 0.125. The van der Waals surface area contributed by atoms with E-state index in [0.29, 0.717) is 5.56 Å². The molecule has 29 heavy (non-hydrogen) atoms. The summed E-state index contributed by atoms with van der Waals surface area (Å²) in [5.74, 6) is 2.11. The number of carbonyl (C=O) groups excluding carboxylic acids is 1. The van der Waals surface area contributed by atoms with Crippen molar-refractivity contribution in [2.75, 3.05) is 0 Å². The highest BCUT2D eigenvalue weighted by atomic mass is 127. The number of hydrogen-bond acceptors (Lipinski definition) is 2. The molecular formula is C24H17I2O2S+. The van der Waals surface area contributed by atoms with Gasteiger partial charge in [-0.2, -0.15) is 0 Å². The van der Waals surface area contributed by atoms with Crippen molar-refractivity contribution in [3.8, 4) is 17.2 Å². The molecule has 0 aliphatic carbocycles. The molecule has 0 aliphatic rings. The van der Waals surface area contributed by atoms with Gasteiger partial charge in [0.05, 0.1) is 5.56 Å². The van der Waals surface area contributed by atoms with E-state index in [-0.39, 0.29) is 10.5 Å². The standard InChI is InChI=1S/C24H17I2O2S/c1-4-24(2,3)28-23(27)15-9-12-22-18(13-15)17-7-5-6-8-21(17)29(22)16-10-11-19(25)20(26)14-16/h1,5-14H,2-3H3/q+1. The Labute approximate surface area is 199 Å². The second-order valence-electron chi connectivity index (χ2n) is 7.13. The van der Waals surface area contributed by atoms with Gasteiger partial charge in [-0.3, -0.25) is 0 Å². The third kappa shape index (κ3) is 3.90. The zero-order valence-electron chi connectivity index (χ0n) is 15.8. The van der Waals surface area contributed by atoms with E-state index in [1.165, 1.54) is 26.8 Å². The Hall–Kier alpha value is -1.63. The summed E-state index contributed by atoms with van der Waals surface area (Å²) >= 11 is 4.74. The highest BCUT2D eigenvalue weighted by Crippen LogP contribution is 2.49. The van der Waals surface area contributed by atoms with E-state index in [2.05, 4.69) is 93.6 Å². The summed E-state index contributed by atoms with van der Waals surface area (Å²) < 4.78 is 10.5. The van der Waals surface area contributed by atoms with Crippen molar-refractivity contribution in [2.24, 2.45) is 0 Å². The average molecular weight is 623 g/mol. The lowest BCUT2D eigenvalue weighted by atomic mass is 10.1. The van der Waals surface area contributed by atoms with E-state index in [4.69, 9.17) is 11.2 Å². The van der Waals surface area contributed by atoms with Gasteiger partial charge in [0.25, 0.3) is 0 Å². The van der Waals surface area contributed by atoms with Crippen LogP contribution in [0.15, 0.2) is 60.7 Å². The van der Waals surface area contributed by atoms with E-state index in [1.807, 2.05) is 18.2 Å². The van der Waals surface area contributed by atoms with Gasteiger partial charge in [-0.1, -0.05) is 18.1 Å². The minimum Gasteiger partial charge on any atom is -0.443 e. The summed E-state index contributed by atoms with van der Waals surface area (Å²) in [6.45, 7) is 3.42. The predicted molar refractivity (Wildman–Crippen MR) is 139 cm³/mol. The van der Waals surface area contributed by atoms with Crippen LogP contribution in [0.2, 0.25) is 0 Å². The Balaban J connectivity index is 1.93. The molecule has 0 aliphatic heterocycles. The number of ether oxygens (including phenoxy) is 1. The van der Waals surface area contributed by atoms with Crippen LogP contribution in [-0.2, 0) is 4.74 Å². The Morgan fingerprint density at radius 1 is 0.966 bits per heavy atom. The van der Waals surface area contributed by atoms with E-state index in [1.54, 1.807) is 13.8 Å². The fourth-order valence-electron chi connectivity index (χ4n) is 3.21. The number of hydrogen-bond donors (Lipinski definition) is 0. The molecule has 0 spiro atoms. The number of rotatable bonds is 3. The van der Waals surface area contributed by atoms with Gasteiger partial charge in [0.1, 0.15) is 0 Å². The van der Waals surface area contributed by atoms with E-state index in [9.17, 15) is 4.79 Å². The van der Waals surface area contributed by atoms with Crippen LogP contribution >= 0.6 is 55.7 Å². The van der Waals surface area contributed by atoms with Gasteiger partial charge in [-0.25, -0.2) is 4.79 Å². The first-order chi connectivity index (χ1) is 13.8. The van der Waals surface area contributed by atoms with Crippen molar-refractivity contribution in [2.45, 2.75) is 19.4 Å². The van der Waals surface area contributed by atoms with Crippen molar-refractivity contribution in [1.82, 2.24) is 0 Å². The zero-order chi connectivity index (χ0) is 20.8. The molecule has 0 saturated heterocycles. The van der Waals surface area contributed by atoms with Crippen molar-refractivity contribution in [1.29, 1.82) is 0 Å². The second kappa shape index (κ2) is 7.89. The third-order valence-corrected chi connectivity index (χ3v) is 9.84. The molecule has 0 fully saturated rings. The molecule has 1 unspecified atom stereocenters. The average Bonchev–Trinajstić information content (AvgIpc) is 3.03. The largest absolute Gasteiger partial charge is 0.443 e. The third-order valence-electron chi connectivity index (χ3n) is 4.65. The Morgan fingerprint density at radius 3 is 2.41 bits per heavy atom. The van der Waals surface area contributed by atoms with Gasteiger partial charge in [0.2, 0.25) is 0 Å². The zero-order valence-corrected chi connectivity index (χ0v) is 21.0. The number of esters is 1. The summed E-state index contributed by atoms with van der Waals surface area (Å²) in [4.78, 5) is 13.9. The minimum absolute atomic E-state index is 0.194.